The van der Waals surface area contributed by atoms with Crippen molar-refractivity contribution in [2.75, 3.05) is 13.2 Å². The summed E-state index contributed by atoms with van der Waals surface area (Å²) in [4.78, 5) is 0.953. The molecule has 1 aromatic heterocycles. The second-order valence-electron chi connectivity index (χ2n) is 3.33. The van der Waals surface area contributed by atoms with Gasteiger partial charge in [-0.2, -0.15) is 13.2 Å². The predicted molar refractivity (Wildman–Crippen MR) is 57.4 cm³/mol. The summed E-state index contributed by atoms with van der Waals surface area (Å²) in [5.74, 6) is 0. The van der Waals surface area contributed by atoms with Crippen molar-refractivity contribution in [2.24, 2.45) is 5.73 Å². The molecule has 92 valence electrons. The minimum Gasteiger partial charge on any atom is -0.371 e. The Balaban J connectivity index is 2.25. The first-order chi connectivity index (χ1) is 7.53. The largest absolute Gasteiger partial charge is 0.389 e. The molecule has 16 heavy (non-hydrogen) atoms. The van der Waals surface area contributed by atoms with Gasteiger partial charge in [-0.1, -0.05) is 6.07 Å². The minimum atomic E-state index is -4.11. The van der Waals surface area contributed by atoms with Crippen LogP contribution in [0.5, 0.6) is 0 Å². The van der Waals surface area contributed by atoms with E-state index in [9.17, 15) is 13.2 Å². The number of alkyl halides is 3. The number of thiophene rings is 1. The Kier molecular flexibility index (Phi) is 5.24. The quantitative estimate of drug-likeness (QED) is 0.791. The lowest BCUT2D eigenvalue weighted by molar-refractivity contribution is -0.138. The van der Waals surface area contributed by atoms with E-state index in [1.165, 1.54) is 11.3 Å². The Hall–Kier alpha value is -0.590. The van der Waals surface area contributed by atoms with Crippen molar-refractivity contribution < 1.29 is 17.9 Å². The van der Waals surface area contributed by atoms with Gasteiger partial charge in [-0.25, -0.2) is 0 Å². The van der Waals surface area contributed by atoms with Crippen molar-refractivity contribution in [3.05, 3.63) is 22.4 Å². The second-order valence-corrected chi connectivity index (χ2v) is 4.31. The summed E-state index contributed by atoms with van der Waals surface area (Å²) < 4.78 is 40.9. The first kappa shape index (κ1) is 13.5. The van der Waals surface area contributed by atoms with Crippen LogP contribution in [0.15, 0.2) is 17.5 Å². The fourth-order valence-corrected chi connectivity index (χ4v) is 2.03. The summed E-state index contributed by atoms with van der Waals surface area (Å²) in [6.45, 7) is 0.367. The first-order valence-corrected chi connectivity index (χ1v) is 5.82. The van der Waals surface area contributed by atoms with Gasteiger partial charge in [0.25, 0.3) is 0 Å². The summed E-state index contributed by atoms with van der Waals surface area (Å²) in [6.07, 6.45) is -5.22. The number of halogens is 3. The fraction of sp³-hybridized carbons (Fsp3) is 0.600. The Bertz CT molecular complexity index is 287. The van der Waals surface area contributed by atoms with Gasteiger partial charge < -0.3 is 10.5 Å². The zero-order valence-corrected chi connectivity index (χ0v) is 9.48. The van der Waals surface area contributed by atoms with Gasteiger partial charge in [-0.15, -0.1) is 11.3 Å². The van der Waals surface area contributed by atoms with E-state index < -0.39 is 12.6 Å². The fourth-order valence-electron chi connectivity index (χ4n) is 1.24. The molecule has 0 saturated carbocycles. The van der Waals surface area contributed by atoms with E-state index in [2.05, 4.69) is 0 Å². The Morgan fingerprint density at radius 3 is 2.69 bits per heavy atom. The van der Waals surface area contributed by atoms with Gasteiger partial charge in [0.15, 0.2) is 0 Å². The van der Waals surface area contributed by atoms with E-state index in [1.807, 2.05) is 17.5 Å². The van der Waals surface area contributed by atoms with Crippen molar-refractivity contribution >= 4 is 11.3 Å². The number of hydrogen-bond donors (Lipinski definition) is 1. The number of ether oxygens (including phenoxy) is 1. The van der Waals surface area contributed by atoms with Crippen LogP contribution in [0.2, 0.25) is 0 Å². The third kappa shape index (κ3) is 4.96. The molecule has 0 aromatic carbocycles. The molecule has 0 aliphatic carbocycles. The molecule has 0 fully saturated rings. The number of nitrogens with two attached hydrogens (primary N) is 1. The molecule has 2 nitrogen and oxygen atoms in total. The van der Waals surface area contributed by atoms with Crippen molar-refractivity contribution in [2.45, 2.75) is 25.1 Å². The SMILES string of the molecule is NCC(OCCCC(F)(F)F)c1cccs1. The van der Waals surface area contributed by atoms with E-state index in [0.717, 1.165) is 4.88 Å². The van der Waals surface area contributed by atoms with Crippen LogP contribution in [0, 0.1) is 0 Å². The van der Waals surface area contributed by atoms with Gasteiger partial charge in [-0.05, 0) is 17.9 Å². The Labute approximate surface area is 96.2 Å². The van der Waals surface area contributed by atoms with Crippen LogP contribution in [0.4, 0.5) is 13.2 Å². The first-order valence-electron chi connectivity index (χ1n) is 4.95. The lowest BCUT2D eigenvalue weighted by atomic mass is 10.3. The molecule has 1 unspecified atom stereocenters. The summed E-state index contributed by atoms with van der Waals surface area (Å²) in [7, 11) is 0. The maximum Gasteiger partial charge on any atom is 0.389 e. The molecule has 6 heteroatoms. The molecule has 2 N–H and O–H groups in total. The average molecular weight is 253 g/mol. The zero-order valence-electron chi connectivity index (χ0n) is 8.67. The van der Waals surface area contributed by atoms with Crippen LogP contribution in [0.1, 0.15) is 23.8 Å². The molecule has 0 amide bonds. The van der Waals surface area contributed by atoms with Gasteiger partial charge in [0.05, 0.1) is 0 Å². The summed E-state index contributed by atoms with van der Waals surface area (Å²) in [5, 5.41) is 1.89. The number of hydrogen-bond acceptors (Lipinski definition) is 3. The third-order valence-corrected chi connectivity index (χ3v) is 2.96. The van der Waals surface area contributed by atoms with Crippen LogP contribution in [-0.2, 0) is 4.74 Å². The highest BCUT2D eigenvalue weighted by Crippen LogP contribution is 2.24. The van der Waals surface area contributed by atoms with Crippen molar-refractivity contribution in [1.82, 2.24) is 0 Å². The molecular formula is C10H14F3NOS. The maximum atomic E-state index is 11.9. The van der Waals surface area contributed by atoms with Gasteiger partial charge in [0, 0.05) is 24.4 Å². The molecule has 0 aliphatic rings. The van der Waals surface area contributed by atoms with Crippen LogP contribution in [-0.4, -0.2) is 19.3 Å². The van der Waals surface area contributed by atoms with Crippen LogP contribution < -0.4 is 5.73 Å². The van der Waals surface area contributed by atoms with E-state index >= 15 is 0 Å². The van der Waals surface area contributed by atoms with E-state index in [0.29, 0.717) is 0 Å². The molecule has 1 aromatic rings. The summed E-state index contributed by atoms with van der Waals surface area (Å²) in [6, 6.07) is 3.73. The second kappa shape index (κ2) is 6.22. The van der Waals surface area contributed by atoms with Gasteiger partial charge in [0.1, 0.15) is 6.10 Å². The monoisotopic (exact) mass is 253 g/mol. The van der Waals surface area contributed by atoms with Gasteiger partial charge in [-0.3, -0.25) is 0 Å². The highest BCUT2D eigenvalue weighted by Gasteiger charge is 2.26. The summed E-state index contributed by atoms with van der Waals surface area (Å²) >= 11 is 1.49. The van der Waals surface area contributed by atoms with Crippen molar-refractivity contribution in [3.8, 4) is 0 Å². The lowest BCUT2D eigenvalue weighted by Gasteiger charge is -2.14. The summed E-state index contributed by atoms with van der Waals surface area (Å²) in [5.41, 5.74) is 5.49. The van der Waals surface area contributed by atoms with Crippen LogP contribution in [0.3, 0.4) is 0 Å². The maximum absolute atomic E-state index is 11.9. The molecule has 1 atom stereocenters. The molecule has 0 saturated heterocycles. The molecule has 0 bridgehead atoms. The standard InChI is InChI=1S/C10H14F3NOS/c11-10(12,13)4-2-5-15-8(7-14)9-3-1-6-16-9/h1,3,6,8H,2,4-5,7,14H2. The molecule has 0 aliphatic heterocycles. The van der Waals surface area contributed by atoms with Crippen LogP contribution in [0.25, 0.3) is 0 Å². The molecule has 1 heterocycles. The molecule has 1 rings (SSSR count). The predicted octanol–water partition coefficient (Wildman–Crippen LogP) is 3.11. The Morgan fingerprint density at radius 1 is 1.44 bits per heavy atom. The minimum absolute atomic E-state index is 0.0224. The Morgan fingerprint density at radius 2 is 2.19 bits per heavy atom. The average Bonchev–Trinajstić information content (AvgIpc) is 2.69. The third-order valence-electron chi connectivity index (χ3n) is 2.00. The van der Waals surface area contributed by atoms with E-state index in [1.54, 1.807) is 0 Å². The normalized spacial score (nSPS) is 14.0. The molecule has 0 spiro atoms. The van der Waals surface area contributed by atoms with Gasteiger partial charge >= 0.3 is 6.18 Å². The topological polar surface area (TPSA) is 35.2 Å². The highest BCUT2D eigenvalue weighted by atomic mass is 32.1. The van der Waals surface area contributed by atoms with E-state index in [-0.39, 0.29) is 25.7 Å². The lowest BCUT2D eigenvalue weighted by Crippen LogP contribution is -2.16. The van der Waals surface area contributed by atoms with Gasteiger partial charge in [0.2, 0.25) is 0 Å². The van der Waals surface area contributed by atoms with Crippen molar-refractivity contribution in [3.63, 3.8) is 0 Å². The highest BCUT2D eigenvalue weighted by molar-refractivity contribution is 7.10. The molecular weight excluding hydrogens is 239 g/mol. The smallest absolute Gasteiger partial charge is 0.371 e. The molecule has 0 radical (unpaired) electrons. The zero-order chi connectivity index (χ0) is 12.0. The van der Waals surface area contributed by atoms with E-state index in [4.69, 9.17) is 10.5 Å². The van der Waals surface area contributed by atoms with Crippen molar-refractivity contribution in [1.29, 1.82) is 0 Å². The number of rotatable bonds is 6. The van der Waals surface area contributed by atoms with Crippen LogP contribution >= 0.6 is 11.3 Å².